The van der Waals surface area contributed by atoms with E-state index < -0.39 is 5.97 Å². The molecule has 0 fully saturated rings. The fourth-order valence-electron chi connectivity index (χ4n) is 5.63. The molecule has 0 heterocycles. The minimum atomic E-state index is -1.02. The smallest absolute Gasteiger partial charge is 0.322 e. The third-order valence-electron chi connectivity index (χ3n) is 8.44. The van der Waals surface area contributed by atoms with Gasteiger partial charge in [0.2, 0.25) is 5.91 Å². The molecule has 2 N–H and O–H groups in total. The van der Waals surface area contributed by atoms with Crippen molar-refractivity contribution in [1.82, 2.24) is 5.32 Å². The van der Waals surface area contributed by atoms with Gasteiger partial charge in [-0.05, 0) is 64.2 Å². The number of ether oxygens (including phenoxy) is 1. The zero-order valence-corrected chi connectivity index (χ0v) is 29.0. The number of carbonyl (C=O) groups excluding carboxylic acids is 2. The highest BCUT2D eigenvalue weighted by atomic mass is 16.5. The molecule has 0 saturated carbocycles. The van der Waals surface area contributed by atoms with Crippen molar-refractivity contribution < 1.29 is 24.2 Å². The Balaban J connectivity index is 4.05. The second-order valence-corrected chi connectivity index (χ2v) is 12.8. The summed E-state index contributed by atoms with van der Waals surface area (Å²) >= 11 is 0. The van der Waals surface area contributed by atoms with E-state index in [0.29, 0.717) is 12.8 Å². The summed E-state index contributed by atoms with van der Waals surface area (Å²) in [7, 11) is 0. The summed E-state index contributed by atoms with van der Waals surface area (Å²) in [5, 5.41) is 11.0. The maximum atomic E-state index is 12.6. The first-order valence-corrected chi connectivity index (χ1v) is 18.8. The fourth-order valence-corrected chi connectivity index (χ4v) is 5.63. The molecule has 0 aliphatic heterocycles. The highest BCUT2D eigenvalue weighted by Gasteiger charge is 2.14. The van der Waals surface area contributed by atoms with E-state index in [2.05, 4.69) is 31.3 Å². The molecule has 44 heavy (non-hydrogen) atoms. The van der Waals surface area contributed by atoms with E-state index in [1.54, 1.807) is 0 Å². The number of carboxylic acids is 1. The Morgan fingerprint density at radius 3 is 1.45 bits per heavy atom. The Labute approximate surface area is 271 Å². The molecule has 0 rings (SSSR count). The summed E-state index contributed by atoms with van der Waals surface area (Å²) in [6, 6.07) is 0. The third-order valence-corrected chi connectivity index (χ3v) is 8.44. The van der Waals surface area contributed by atoms with Gasteiger partial charge in [-0.1, -0.05) is 135 Å². The quantitative estimate of drug-likeness (QED) is 0.0423. The first-order chi connectivity index (χ1) is 21.5. The number of allylic oxidation sites excluding steroid dienone is 2. The number of carboxylic acid groups (broad SMARTS) is 1. The number of esters is 1. The van der Waals surface area contributed by atoms with Gasteiger partial charge in [0.1, 0.15) is 12.6 Å². The van der Waals surface area contributed by atoms with Crippen LogP contribution in [0.4, 0.5) is 0 Å². The molecular formula is C38H71NO5. The number of hydrogen-bond donors (Lipinski definition) is 2. The Kier molecular flexibility index (Phi) is 32.6. The highest BCUT2D eigenvalue weighted by molar-refractivity contribution is 5.80. The Hall–Kier alpha value is -1.85. The van der Waals surface area contributed by atoms with E-state index in [9.17, 15) is 14.4 Å². The molecule has 0 aliphatic rings. The zero-order valence-electron chi connectivity index (χ0n) is 29.0. The lowest BCUT2D eigenvalue weighted by Gasteiger charge is -2.18. The SMILES string of the molecule is CCCCCCCC/C=C\CCCCCCCC(=O)OC(CCCCCCCCC)CCCCCCCC(=O)NCC(=O)O. The molecule has 0 aromatic heterocycles. The van der Waals surface area contributed by atoms with Gasteiger partial charge in [0, 0.05) is 12.8 Å². The van der Waals surface area contributed by atoms with Crippen LogP contribution < -0.4 is 5.32 Å². The Morgan fingerprint density at radius 1 is 0.568 bits per heavy atom. The molecule has 0 radical (unpaired) electrons. The number of rotatable bonds is 34. The number of nitrogens with one attached hydrogen (secondary N) is 1. The maximum Gasteiger partial charge on any atom is 0.322 e. The van der Waals surface area contributed by atoms with Gasteiger partial charge in [-0.25, -0.2) is 0 Å². The average molecular weight is 622 g/mol. The minimum absolute atomic E-state index is 0.0250. The second kappa shape index (κ2) is 34.0. The van der Waals surface area contributed by atoms with E-state index in [-0.39, 0.29) is 24.5 Å². The average Bonchev–Trinajstić information content (AvgIpc) is 3.00. The molecule has 258 valence electrons. The zero-order chi connectivity index (χ0) is 32.4. The molecular weight excluding hydrogens is 550 g/mol. The topological polar surface area (TPSA) is 92.7 Å². The van der Waals surface area contributed by atoms with Gasteiger partial charge in [0.05, 0.1) is 0 Å². The maximum absolute atomic E-state index is 12.6. The van der Waals surface area contributed by atoms with Crippen LogP contribution in [0.1, 0.15) is 200 Å². The van der Waals surface area contributed by atoms with Crippen molar-refractivity contribution in [3.05, 3.63) is 12.2 Å². The molecule has 1 unspecified atom stereocenters. The monoisotopic (exact) mass is 622 g/mol. The van der Waals surface area contributed by atoms with Gasteiger partial charge in [0.15, 0.2) is 0 Å². The number of hydrogen-bond acceptors (Lipinski definition) is 4. The lowest BCUT2D eigenvalue weighted by Crippen LogP contribution is -2.28. The van der Waals surface area contributed by atoms with E-state index in [4.69, 9.17) is 9.84 Å². The van der Waals surface area contributed by atoms with Crippen molar-refractivity contribution in [2.24, 2.45) is 0 Å². The van der Waals surface area contributed by atoms with Crippen LogP contribution in [0.15, 0.2) is 12.2 Å². The van der Waals surface area contributed by atoms with Crippen LogP contribution in [0.2, 0.25) is 0 Å². The van der Waals surface area contributed by atoms with Gasteiger partial charge in [-0.3, -0.25) is 14.4 Å². The van der Waals surface area contributed by atoms with Crippen molar-refractivity contribution in [2.45, 2.75) is 206 Å². The number of carbonyl (C=O) groups is 3. The minimum Gasteiger partial charge on any atom is -0.480 e. The fraction of sp³-hybridized carbons (Fsp3) is 0.868. The Morgan fingerprint density at radius 2 is 0.977 bits per heavy atom. The van der Waals surface area contributed by atoms with Crippen LogP contribution >= 0.6 is 0 Å². The molecule has 1 amide bonds. The van der Waals surface area contributed by atoms with E-state index in [1.807, 2.05) is 0 Å². The van der Waals surface area contributed by atoms with Crippen molar-refractivity contribution >= 4 is 17.8 Å². The molecule has 0 bridgehead atoms. The van der Waals surface area contributed by atoms with E-state index >= 15 is 0 Å². The molecule has 0 aromatic carbocycles. The summed E-state index contributed by atoms with van der Waals surface area (Å²) in [4.78, 5) is 34.8. The summed E-state index contributed by atoms with van der Waals surface area (Å²) in [5.41, 5.74) is 0. The predicted molar refractivity (Wildman–Crippen MR) is 185 cm³/mol. The van der Waals surface area contributed by atoms with Crippen LogP contribution in [0, 0.1) is 0 Å². The van der Waals surface area contributed by atoms with Crippen molar-refractivity contribution in [1.29, 1.82) is 0 Å². The standard InChI is InChI=1S/C38H71NO5/c1-3-5-7-9-11-12-13-14-15-16-17-18-20-25-29-33-38(43)44-35(30-26-22-19-10-8-6-4-2)31-27-23-21-24-28-32-36(40)39-34-37(41)42/h14-15,35H,3-13,16-34H2,1-2H3,(H,39,40)(H,41,42)/b15-14-. The van der Waals surface area contributed by atoms with Crippen molar-refractivity contribution in [3.8, 4) is 0 Å². The summed E-state index contributed by atoms with van der Waals surface area (Å²) in [6.07, 6.45) is 37.6. The normalized spacial score (nSPS) is 12.0. The first kappa shape index (κ1) is 42.1. The molecule has 1 atom stereocenters. The van der Waals surface area contributed by atoms with Gasteiger partial charge in [-0.2, -0.15) is 0 Å². The summed E-state index contributed by atoms with van der Waals surface area (Å²) in [6.45, 7) is 4.20. The summed E-state index contributed by atoms with van der Waals surface area (Å²) in [5.74, 6) is -1.24. The molecule has 0 aromatic rings. The van der Waals surface area contributed by atoms with Crippen LogP contribution in [0.5, 0.6) is 0 Å². The van der Waals surface area contributed by atoms with Crippen molar-refractivity contribution in [2.75, 3.05) is 6.54 Å². The predicted octanol–water partition coefficient (Wildman–Crippen LogP) is 11.0. The van der Waals surface area contributed by atoms with Crippen LogP contribution in [0.25, 0.3) is 0 Å². The van der Waals surface area contributed by atoms with E-state index in [0.717, 1.165) is 64.2 Å². The van der Waals surface area contributed by atoms with Crippen molar-refractivity contribution in [3.63, 3.8) is 0 Å². The lowest BCUT2D eigenvalue weighted by atomic mass is 10.0. The van der Waals surface area contributed by atoms with Crippen LogP contribution in [-0.4, -0.2) is 35.6 Å². The highest BCUT2D eigenvalue weighted by Crippen LogP contribution is 2.18. The van der Waals surface area contributed by atoms with E-state index in [1.165, 1.54) is 109 Å². The first-order valence-electron chi connectivity index (χ1n) is 18.8. The Bertz CT molecular complexity index is 693. The summed E-state index contributed by atoms with van der Waals surface area (Å²) < 4.78 is 5.97. The second-order valence-electron chi connectivity index (χ2n) is 12.8. The van der Waals surface area contributed by atoms with Gasteiger partial charge >= 0.3 is 11.9 Å². The molecule has 0 aliphatic carbocycles. The molecule has 0 saturated heterocycles. The molecule has 0 spiro atoms. The van der Waals surface area contributed by atoms with Gasteiger partial charge in [-0.15, -0.1) is 0 Å². The van der Waals surface area contributed by atoms with Gasteiger partial charge in [0.25, 0.3) is 0 Å². The number of aliphatic carboxylic acids is 1. The van der Waals surface area contributed by atoms with Crippen LogP contribution in [-0.2, 0) is 19.1 Å². The lowest BCUT2D eigenvalue weighted by molar-refractivity contribution is -0.150. The number of unbranched alkanes of at least 4 members (excludes halogenated alkanes) is 21. The van der Waals surface area contributed by atoms with Crippen LogP contribution in [0.3, 0.4) is 0 Å². The molecule has 6 nitrogen and oxygen atoms in total. The van der Waals surface area contributed by atoms with Gasteiger partial charge < -0.3 is 15.2 Å². The third kappa shape index (κ3) is 33.1. The molecule has 6 heteroatoms. The number of amides is 1. The largest absolute Gasteiger partial charge is 0.480 e.